The van der Waals surface area contributed by atoms with E-state index in [4.69, 9.17) is 10.2 Å². The summed E-state index contributed by atoms with van der Waals surface area (Å²) in [6.45, 7) is 5.64. The molecule has 2 aromatic heterocycles. The zero-order chi connectivity index (χ0) is 13.0. The molecule has 0 radical (unpaired) electrons. The minimum absolute atomic E-state index is 0.0284. The van der Waals surface area contributed by atoms with Gasteiger partial charge in [0, 0.05) is 24.3 Å². The highest BCUT2D eigenvalue weighted by atomic mass is 16.3. The molecule has 4 nitrogen and oxygen atoms in total. The molecule has 2 aromatic rings. The molecule has 2 N–H and O–H groups in total. The molecular formula is C14H19N3O. The minimum atomic E-state index is -0.0284. The van der Waals surface area contributed by atoms with Crippen LogP contribution in [0.5, 0.6) is 0 Å². The first-order chi connectivity index (χ1) is 8.72. The van der Waals surface area contributed by atoms with Crippen LogP contribution in [0.25, 0.3) is 0 Å². The van der Waals surface area contributed by atoms with Gasteiger partial charge in [0.15, 0.2) is 0 Å². The Hall–Kier alpha value is -1.81. The number of nitrogens with zero attached hydrogens (tertiary/aromatic N) is 2. The average molecular weight is 245 g/mol. The molecule has 1 atom stereocenters. The van der Waals surface area contributed by atoms with Crippen molar-refractivity contribution in [1.29, 1.82) is 0 Å². The molecule has 0 amide bonds. The summed E-state index contributed by atoms with van der Waals surface area (Å²) in [5.74, 6) is 1.87. The van der Waals surface area contributed by atoms with Crippen LogP contribution in [0.2, 0.25) is 0 Å². The Balaban J connectivity index is 2.27. The molecule has 0 fully saturated rings. The molecule has 0 unspecified atom stereocenters. The number of pyridine rings is 1. The summed E-state index contributed by atoms with van der Waals surface area (Å²) in [6, 6.07) is 7.78. The zero-order valence-electron chi connectivity index (χ0n) is 10.8. The van der Waals surface area contributed by atoms with Gasteiger partial charge >= 0.3 is 0 Å². The third-order valence-corrected chi connectivity index (χ3v) is 2.92. The summed E-state index contributed by atoms with van der Waals surface area (Å²) < 4.78 is 5.39. The fraction of sp³-hybridized carbons (Fsp3) is 0.357. The van der Waals surface area contributed by atoms with Crippen LogP contribution in [0.1, 0.15) is 31.2 Å². The van der Waals surface area contributed by atoms with Crippen molar-refractivity contribution in [2.75, 3.05) is 11.4 Å². The van der Waals surface area contributed by atoms with Gasteiger partial charge in [-0.2, -0.15) is 0 Å². The summed E-state index contributed by atoms with van der Waals surface area (Å²) >= 11 is 0. The maximum Gasteiger partial charge on any atom is 0.133 e. The lowest BCUT2D eigenvalue weighted by molar-refractivity contribution is 0.502. The molecule has 0 saturated carbocycles. The van der Waals surface area contributed by atoms with Gasteiger partial charge in [-0.1, -0.05) is 6.07 Å². The van der Waals surface area contributed by atoms with Crippen LogP contribution in [-0.4, -0.2) is 11.5 Å². The third-order valence-electron chi connectivity index (χ3n) is 2.92. The number of anilines is 1. The molecule has 0 spiro atoms. The lowest BCUT2D eigenvalue weighted by atomic mass is 10.1. The summed E-state index contributed by atoms with van der Waals surface area (Å²) in [7, 11) is 0. The van der Waals surface area contributed by atoms with Gasteiger partial charge < -0.3 is 15.1 Å². The number of hydrogen-bond acceptors (Lipinski definition) is 4. The van der Waals surface area contributed by atoms with Crippen molar-refractivity contribution < 1.29 is 4.42 Å². The first-order valence-electron chi connectivity index (χ1n) is 6.20. The van der Waals surface area contributed by atoms with Gasteiger partial charge in [-0.3, -0.25) is 0 Å². The lowest BCUT2D eigenvalue weighted by Gasteiger charge is -2.24. The van der Waals surface area contributed by atoms with Crippen LogP contribution in [0.15, 0.2) is 41.1 Å². The molecule has 18 heavy (non-hydrogen) atoms. The van der Waals surface area contributed by atoms with Crippen molar-refractivity contribution >= 4 is 5.82 Å². The maximum absolute atomic E-state index is 5.99. The van der Waals surface area contributed by atoms with Crippen molar-refractivity contribution in [1.82, 2.24) is 4.98 Å². The van der Waals surface area contributed by atoms with Crippen LogP contribution >= 0.6 is 0 Å². The normalized spacial score (nSPS) is 12.4. The van der Waals surface area contributed by atoms with E-state index < -0.39 is 0 Å². The minimum Gasteiger partial charge on any atom is -0.467 e. The maximum atomic E-state index is 5.99. The Labute approximate surface area is 107 Å². The predicted octanol–water partition coefficient (Wildman–Crippen LogP) is 2.72. The van der Waals surface area contributed by atoms with Crippen molar-refractivity contribution in [2.24, 2.45) is 5.73 Å². The van der Waals surface area contributed by atoms with Gasteiger partial charge in [0.25, 0.3) is 0 Å². The number of nitrogens with two attached hydrogens (primary N) is 1. The highest BCUT2D eigenvalue weighted by Crippen LogP contribution is 2.23. The second-order valence-corrected chi connectivity index (χ2v) is 4.30. The van der Waals surface area contributed by atoms with Gasteiger partial charge in [0.2, 0.25) is 0 Å². The lowest BCUT2D eigenvalue weighted by Crippen LogP contribution is -2.25. The SMILES string of the molecule is CCN(Cc1ccco1)c1ncccc1[C@@H](C)N. The number of furan rings is 1. The summed E-state index contributed by atoms with van der Waals surface area (Å²) in [4.78, 5) is 6.62. The quantitative estimate of drug-likeness (QED) is 0.880. The molecule has 2 rings (SSSR count). The molecule has 4 heteroatoms. The Morgan fingerprint density at radius 3 is 2.83 bits per heavy atom. The van der Waals surface area contributed by atoms with E-state index in [9.17, 15) is 0 Å². The predicted molar refractivity (Wildman–Crippen MR) is 72.3 cm³/mol. The van der Waals surface area contributed by atoms with Gasteiger partial charge in [-0.05, 0) is 32.0 Å². The molecule has 0 saturated heterocycles. The van der Waals surface area contributed by atoms with E-state index in [1.807, 2.05) is 31.2 Å². The Morgan fingerprint density at radius 2 is 2.22 bits per heavy atom. The van der Waals surface area contributed by atoms with Gasteiger partial charge in [0.1, 0.15) is 11.6 Å². The van der Waals surface area contributed by atoms with E-state index in [1.165, 1.54) is 0 Å². The van der Waals surface area contributed by atoms with Crippen LogP contribution in [0.4, 0.5) is 5.82 Å². The first kappa shape index (κ1) is 12.6. The van der Waals surface area contributed by atoms with Crippen LogP contribution in [0.3, 0.4) is 0 Å². The second kappa shape index (κ2) is 5.69. The molecule has 2 heterocycles. The second-order valence-electron chi connectivity index (χ2n) is 4.30. The first-order valence-corrected chi connectivity index (χ1v) is 6.20. The van der Waals surface area contributed by atoms with E-state index >= 15 is 0 Å². The fourth-order valence-electron chi connectivity index (χ4n) is 1.96. The Kier molecular flexibility index (Phi) is 3.99. The largest absolute Gasteiger partial charge is 0.467 e. The van der Waals surface area contributed by atoms with Crippen molar-refractivity contribution in [2.45, 2.75) is 26.4 Å². The molecule has 0 aliphatic rings. The van der Waals surface area contributed by atoms with E-state index in [0.29, 0.717) is 6.54 Å². The van der Waals surface area contributed by atoms with E-state index in [-0.39, 0.29) is 6.04 Å². The molecule has 0 bridgehead atoms. The van der Waals surface area contributed by atoms with Crippen molar-refractivity contribution in [3.63, 3.8) is 0 Å². The standard InChI is InChI=1S/C14H19N3O/c1-3-17(10-12-6-5-9-18-12)14-13(11(2)15)7-4-8-16-14/h4-9,11H,3,10,15H2,1-2H3/t11-/m1/s1. The molecular weight excluding hydrogens is 226 g/mol. The van der Waals surface area contributed by atoms with E-state index in [0.717, 1.165) is 23.7 Å². The number of rotatable bonds is 5. The molecule has 0 aliphatic heterocycles. The van der Waals surface area contributed by atoms with E-state index in [1.54, 1.807) is 12.5 Å². The van der Waals surface area contributed by atoms with Crippen molar-refractivity contribution in [3.05, 3.63) is 48.0 Å². The summed E-state index contributed by atoms with van der Waals surface area (Å²) in [5.41, 5.74) is 7.05. The highest BCUT2D eigenvalue weighted by molar-refractivity contribution is 5.48. The molecule has 0 aromatic carbocycles. The number of hydrogen-bond donors (Lipinski definition) is 1. The Morgan fingerprint density at radius 1 is 1.39 bits per heavy atom. The van der Waals surface area contributed by atoms with Crippen LogP contribution < -0.4 is 10.6 Å². The average Bonchev–Trinajstić information content (AvgIpc) is 2.88. The van der Waals surface area contributed by atoms with Gasteiger partial charge in [0.05, 0.1) is 12.8 Å². The third kappa shape index (κ3) is 2.71. The zero-order valence-corrected chi connectivity index (χ0v) is 10.8. The summed E-state index contributed by atoms with van der Waals surface area (Å²) in [5, 5.41) is 0. The van der Waals surface area contributed by atoms with Gasteiger partial charge in [-0.15, -0.1) is 0 Å². The highest BCUT2D eigenvalue weighted by Gasteiger charge is 2.14. The Bertz CT molecular complexity index is 480. The number of aromatic nitrogens is 1. The fourth-order valence-corrected chi connectivity index (χ4v) is 1.96. The van der Waals surface area contributed by atoms with Crippen molar-refractivity contribution in [3.8, 4) is 0 Å². The van der Waals surface area contributed by atoms with E-state index in [2.05, 4.69) is 16.8 Å². The smallest absolute Gasteiger partial charge is 0.133 e. The summed E-state index contributed by atoms with van der Waals surface area (Å²) in [6.07, 6.45) is 3.49. The topological polar surface area (TPSA) is 55.3 Å². The molecule has 96 valence electrons. The molecule has 0 aliphatic carbocycles. The van der Waals surface area contributed by atoms with Gasteiger partial charge in [-0.25, -0.2) is 4.98 Å². The van der Waals surface area contributed by atoms with Crippen LogP contribution in [0, 0.1) is 0 Å². The monoisotopic (exact) mass is 245 g/mol. The van der Waals surface area contributed by atoms with Crippen LogP contribution in [-0.2, 0) is 6.54 Å².